The van der Waals surface area contributed by atoms with Crippen LogP contribution in [0, 0.1) is 0 Å². The lowest BCUT2D eigenvalue weighted by Gasteiger charge is -2.06. The van der Waals surface area contributed by atoms with Crippen LogP contribution in [0.25, 0.3) is 0 Å². The first-order chi connectivity index (χ1) is 8.11. The predicted molar refractivity (Wildman–Crippen MR) is 64.0 cm³/mol. The number of anilines is 1. The van der Waals surface area contributed by atoms with Crippen molar-refractivity contribution >= 4 is 5.69 Å². The SMILES string of the molecule is COc1ccc(Cn2ncn(C)c2=O)cc1N. The Morgan fingerprint density at radius 2 is 2.24 bits per heavy atom. The number of aryl methyl sites for hydroxylation is 1. The number of methoxy groups -OCH3 is 1. The zero-order valence-corrected chi connectivity index (χ0v) is 9.75. The molecule has 2 rings (SSSR count). The Bertz CT molecular complexity index is 585. The highest BCUT2D eigenvalue weighted by Crippen LogP contribution is 2.21. The first-order valence-electron chi connectivity index (χ1n) is 5.12. The Hall–Kier alpha value is -2.24. The number of nitrogens with zero attached hydrogens (tertiary/aromatic N) is 3. The zero-order valence-electron chi connectivity index (χ0n) is 9.75. The maximum Gasteiger partial charge on any atom is 0.345 e. The summed E-state index contributed by atoms with van der Waals surface area (Å²) in [7, 11) is 3.23. The van der Waals surface area contributed by atoms with Gasteiger partial charge < -0.3 is 10.5 Å². The van der Waals surface area contributed by atoms with Gasteiger partial charge in [0, 0.05) is 7.05 Å². The Morgan fingerprint density at radius 3 is 2.76 bits per heavy atom. The van der Waals surface area contributed by atoms with Gasteiger partial charge >= 0.3 is 5.69 Å². The van der Waals surface area contributed by atoms with Crippen molar-refractivity contribution in [2.75, 3.05) is 12.8 Å². The van der Waals surface area contributed by atoms with E-state index >= 15 is 0 Å². The Balaban J connectivity index is 2.28. The van der Waals surface area contributed by atoms with E-state index in [0.29, 0.717) is 18.0 Å². The molecule has 0 aliphatic rings. The Kier molecular flexibility index (Phi) is 2.86. The van der Waals surface area contributed by atoms with E-state index in [1.54, 1.807) is 26.3 Å². The molecule has 2 aromatic rings. The van der Waals surface area contributed by atoms with Crippen LogP contribution in [0.4, 0.5) is 5.69 Å². The fraction of sp³-hybridized carbons (Fsp3) is 0.273. The molecule has 0 atom stereocenters. The quantitative estimate of drug-likeness (QED) is 0.771. The van der Waals surface area contributed by atoms with E-state index in [-0.39, 0.29) is 5.69 Å². The van der Waals surface area contributed by atoms with Crippen molar-refractivity contribution in [3.05, 3.63) is 40.6 Å². The van der Waals surface area contributed by atoms with Gasteiger partial charge in [-0.1, -0.05) is 6.07 Å². The van der Waals surface area contributed by atoms with Crippen molar-refractivity contribution in [1.29, 1.82) is 0 Å². The fourth-order valence-corrected chi connectivity index (χ4v) is 1.58. The third kappa shape index (κ3) is 2.15. The summed E-state index contributed by atoms with van der Waals surface area (Å²) in [5.74, 6) is 0.627. The molecular weight excluding hydrogens is 220 g/mol. The maximum atomic E-state index is 11.6. The minimum atomic E-state index is -0.153. The molecule has 17 heavy (non-hydrogen) atoms. The van der Waals surface area contributed by atoms with E-state index < -0.39 is 0 Å². The monoisotopic (exact) mass is 234 g/mol. The molecular formula is C11H14N4O2. The van der Waals surface area contributed by atoms with E-state index in [1.807, 2.05) is 6.07 Å². The average molecular weight is 234 g/mol. The summed E-state index contributed by atoms with van der Waals surface area (Å²) in [6, 6.07) is 5.41. The molecule has 0 unspecified atom stereocenters. The molecule has 0 bridgehead atoms. The second-order valence-corrected chi connectivity index (χ2v) is 3.76. The van der Waals surface area contributed by atoms with Gasteiger partial charge in [-0.2, -0.15) is 5.10 Å². The van der Waals surface area contributed by atoms with Gasteiger partial charge in [0.1, 0.15) is 12.1 Å². The van der Waals surface area contributed by atoms with E-state index in [1.165, 1.54) is 15.6 Å². The highest BCUT2D eigenvalue weighted by molar-refractivity contribution is 5.54. The molecule has 1 heterocycles. The van der Waals surface area contributed by atoms with Crippen LogP contribution in [0.15, 0.2) is 29.3 Å². The van der Waals surface area contributed by atoms with Crippen LogP contribution in [0.5, 0.6) is 5.75 Å². The van der Waals surface area contributed by atoms with Crippen LogP contribution >= 0.6 is 0 Å². The van der Waals surface area contributed by atoms with Crippen molar-refractivity contribution in [2.24, 2.45) is 7.05 Å². The molecule has 6 nitrogen and oxygen atoms in total. The minimum Gasteiger partial charge on any atom is -0.495 e. The van der Waals surface area contributed by atoms with Gasteiger partial charge in [-0.15, -0.1) is 0 Å². The number of rotatable bonds is 3. The topological polar surface area (TPSA) is 75.1 Å². The molecule has 0 radical (unpaired) electrons. The second kappa shape index (κ2) is 4.32. The number of ether oxygens (including phenoxy) is 1. The van der Waals surface area contributed by atoms with Gasteiger partial charge in [0.05, 0.1) is 19.3 Å². The molecule has 2 N–H and O–H groups in total. The van der Waals surface area contributed by atoms with E-state index in [0.717, 1.165) is 5.56 Å². The molecule has 1 aromatic heterocycles. The number of hydrogen-bond donors (Lipinski definition) is 1. The summed E-state index contributed by atoms with van der Waals surface area (Å²) in [6.45, 7) is 0.397. The van der Waals surface area contributed by atoms with Crippen LogP contribution in [-0.4, -0.2) is 21.5 Å². The summed E-state index contributed by atoms with van der Waals surface area (Å²) in [5.41, 5.74) is 7.09. The number of nitrogens with two attached hydrogens (primary N) is 1. The lowest BCUT2D eigenvalue weighted by molar-refractivity contribution is 0.417. The lowest BCUT2D eigenvalue weighted by Crippen LogP contribution is -2.23. The maximum absolute atomic E-state index is 11.6. The van der Waals surface area contributed by atoms with Crippen LogP contribution in [0.1, 0.15) is 5.56 Å². The molecule has 0 saturated heterocycles. The Labute approximate surface area is 98.2 Å². The highest BCUT2D eigenvalue weighted by atomic mass is 16.5. The van der Waals surface area contributed by atoms with Gasteiger partial charge in [0.2, 0.25) is 0 Å². The van der Waals surface area contributed by atoms with Crippen LogP contribution < -0.4 is 16.2 Å². The molecule has 1 aromatic carbocycles. The fourth-order valence-electron chi connectivity index (χ4n) is 1.58. The molecule has 0 saturated carbocycles. The molecule has 0 aliphatic carbocycles. The molecule has 90 valence electrons. The van der Waals surface area contributed by atoms with Gasteiger partial charge in [-0.25, -0.2) is 9.48 Å². The number of nitrogen functional groups attached to an aromatic ring is 1. The zero-order chi connectivity index (χ0) is 12.4. The molecule has 0 fully saturated rings. The predicted octanol–water partition coefficient (Wildman–Crippen LogP) is 0.221. The third-order valence-corrected chi connectivity index (χ3v) is 2.51. The molecule has 6 heteroatoms. The summed E-state index contributed by atoms with van der Waals surface area (Å²) in [5, 5.41) is 3.98. The highest BCUT2D eigenvalue weighted by Gasteiger charge is 2.05. The van der Waals surface area contributed by atoms with Crippen molar-refractivity contribution < 1.29 is 4.74 Å². The van der Waals surface area contributed by atoms with Crippen molar-refractivity contribution in [2.45, 2.75) is 6.54 Å². The van der Waals surface area contributed by atoms with Crippen molar-refractivity contribution in [3.8, 4) is 5.75 Å². The van der Waals surface area contributed by atoms with Crippen LogP contribution in [0.2, 0.25) is 0 Å². The Morgan fingerprint density at radius 1 is 1.47 bits per heavy atom. The average Bonchev–Trinajstić information content (AvgIpc) is 2.61. The number of hydrogen-bond acceptors (Lipinski definition) is 4. The summed E-state index contributed by atoms with van der Waals surface area (Å²) < 4.78 is 7.86. The largest absolute Gasteiger partial charge is 0.495 e. The first-order valence-corrected chi connectivity index (χ1v) is 5.12. The third-order valence-electron chi connectivity index (χ3n) is 2.51. The van der Waals surface area contributed by atoms with Gasteiger partial charge in [0.25, 0.3) is 0 Å². The van der Waals surface area contributed by atoms with Crippen molar-refractivity contribution in [1.82, 2.24) is 14.3 Å². The van der Waals surface area contributed by atoms with Crippen molar-refractivity contribution in [3.63, 3.8) is 0 Å². The smallest absolute Gasteiger partial charge is 0.345 e. The summed E-state index contributed by atoms with van der Waals surface area (Å²) >= 11 is 0. The number of benzene rings is 1. The van der Waals surface area contributed by atoms with E-state index in [2.05, 4.69) is 5.10 Å². The van der Waals surface area contributed by atoms with Gasteiger partial charge in [0.15, 0.2) is 0 Å². The van der Waals surface area contributed by atoms with Gasteiger partial charge in [-0.05, 0) is 17.7 Å². The summed E-state index contributed by atoms with van der Waals surface area (Å²) in [4.78, 5) is 11.6. The van der Waals surface area contributed by atoms with E-state index in [9.17, 15) is 4.79 Å². The molecule has 0 aliphatic heterocycles. The molecule has 0 spiro atoms. The molecule has 0 amide bonds. The van der Waals surface area contributed by atoms with Gasteiger partial charge in [-0.3, -0.25) is 4.57 Å². The minimum absolute atomic E-state index is 0.153. The summed E-state index contributed by atoms with van der Waals surface area (Å²) in [6.07, 6.45) is 1.48. The second-order valence-electron chi connectivity index (χ2n) is 3.76. The normalized spacial score (nSPS) is 10.5. The van der Waals surface area contributed by atoms with Crippen LogP contribution in [-0.2, 0) is 13.6 Å². The van der Waals surface area contributed by atoms with E-state index in [4.69, 9.17) is 10.5 Å². The van der Waals surface area contributed by atoms with Crippen LogP contribution in [0.3, 0.4) is 0 Å². The number of aromatic nitrogens is 3. The lowest BCUT2D eigenvalue weighted by atomic mass is 10.2. The first kappa shape index (κ1) is 11.3. The standard InChI is InChI=1S/C11H14N4O2/c1-14-7-13-15(11(14)16)6-8-3-4-10(17-2)9(12)5-8/h3-5,7H,6,12H2,1-2H3.